The van der Waals surface area contributed by atoms with Crippen LogP contribution in [0.3, 0.4) is 0 Å². The zero-order valence-electron chi connectivity index (χ0n) is 7.82. The third kappa shape index (κ3) is 1.50. The molecule has 0 aliphatic carbocycles. The number of fused-ring (bicyclic) bond motifs is 1. The molecule has 0 fully saturated rings. The topological polar surface area (TPSA) is 51.2 Å². The number of Topliss-reactive ketones (excluding diaryl/α,β-unsaturated/α-hetero) is 1. The summed E-state index contributed by atoms with van der Waals surface area (Å²) in [6.45, 7) is 1.32. The number of hydrogen-bond donors (Lipinski definition) is 0. The lowest BCUT2D eigenvalue weighted by molar-refractivity contribution is -0.111. The fourth-order valence-corrected chi connectivity index (χ4v) is 3.37. The van der Waals surface area contributed by atoms with Gasteiger partial charge in [0, 0.05) is 21.6 Å². The summed E-state index contributed by atoms with van der Waals surface area (Å²) in [5.74, 6) is -0.301. The Labute approximate surface area is 92.3 Å². The molecule has 0 spiro atoms. The first-order chi connectivity index (χ1) is 6.93. The van der Waals surface area contributed by atoms with Crippen LogP contribution in [0.15, 0.2) is 28.5 Å². The van der Waals surface area contributed by atoms with Crippen LogP contribution < -0.4 is 0 Å². The van der Waals surface area contributed by atoms with Gasteiger partial charge in [0.15, 0.2) is 5.78 Å². The minimum Gasteiger partial charge on any atom is -0.294 e. The minimum absolute atomic E-state index is 0.111. The largest absolute Gasteiger partial charge is 0.294 e. The summed E-state index contributed by atoms with van der Waals surface area (Å²) in [6.07, 6.45) is 0. The number of hydrogen-bond acceptors (Lipinski definition) is 3. The number of ketones is 1. The highest BCUT2D eigenvalue weighted by atomic mass is 35.5. The van der Waals surface area contributed by atoms with E-state index in [4.69, 9.17) is 11.6 Å². The van der Waals surface area contributed by atoms with Gasteiger partial charge >= 0.3 is 0 Å². The van der Waals surface area contributed by atoms with E-state index in [1.165, 1.54) is 13.0 Å². The van der Waals surface area contributed by atoms with Crippen molar-refractivity contribution >= 4 is 32.8 Å². The molecule has 1 aromatic rings. The van der Waals surface area contributed by atoms with Gasteiger partial charge in [-0.05, 0) is 19.1 Å². The van der Waals surface area contributed by atoms with Crippen molar-refractivity contribution in [2.24, 2.45) is 0 Å². The summed E-state index contributed by atoms with van der Waals surface area (Å²) >= 11 is 5.88. The van der Waals surface area contributed by atoms with E-state index in [2.05, 4.69) is 0 Å². The van der Waals surface area contributed by atoms with E-state index in [9.17, 15) is 13.2 Å². The summed E-state index contributed by atoms with van der Waals surface area (Å²) < 4.78 is 23.3. The molecule has 0 unspecified atom stereocenters. The molecule has 1 aliphatic heterocycles. The average molecular weight is 243 g/mol. The predicted molar refractivity (Wildman–Crippen MR) is 57.3 cm³/mol. The lowest BCUT2D eigenvalue weighted by Gasteiger charge is -2.02. The monoisotopic (exact) mass is 242 g/mol. The highest BCUT2D eigenvalue weighted by Crippen LogP contribution is 2.38. The SMILES string of the molecule is CC(=O)C1=CS(=O)(=O)c2cccc(Cl)c21. The Bertz CT molecular complexity index is 585. The van der Waals surface area contributed by atoms with Crippen molar-refractivity contribution in [3.05, 3.63) is 34.2 Å². The fraction of sp³-hybridized carbons (Fsp3) is 0.100. The maximum atomic E-state index is 11.6. The molecular formula is C10H7ClO3S. The molecule has 3 nitrogen and oxygen atoms in total. The number of rotatable bonds is 1. The van der Waals surface area contributed by atoms with E-state index in [-0.39, 0.29) is 21.3 Å². The quantitative estimate of drug-likeness (QED) is 0.757. The summed E-state index contributed by atoms with van der Waals surface area (Å²) in [5, 5.41) is 1.27. The van der Waals surface area contributed by atoms with Crippen LogP contribution in [-0.4, -0.2) is 14.2 Å². The van der Waals surface area contributed by atoms with Gasteiger partial charge < -0.3 is 0 Å². The minimum atomic E-state index is -3.49. The van der Waals surface area contributed by atoms with E-state index in [0.717, 1.165) is 5.41 Å². The van der Waals surface area contributed by atoms with Crippen LogP contribution in [0, 0.1) is 0 Å². The van der Waals surface area contributed by atoms with Crippen LogP contribution in [0.5, 0.6) is 0 Å². The van der Waals surface area contributed by atoms with Crippen molar-refractivity contribution < 1.29 is 13.2 Å². The number of halogens is 1. The van der Waals surface area contributed by atoms with Crippen molar-refractivity contribution in [1.82, 2.24) is 0 Å². The number of allylic oxidation sites excluding steroid dienone is 1. The molecule has 78 valence electrons. The Morgan fingerprint density at radius 2 is 2.00 bits per heavy atom. The number of sulfone groups is 1. The van der Waals surface area contributed by atoms with Crippen LogP contribution in [0.1, 0.15) is 12.5 Å². The molecule has 0 saturated carbocycles. The normalized spacial score (nSPS) is 17.1. The second-order valence-corrected chi connectivity index (χ2v) is 5.42. The summed E-state index contributed by atoms with van der Waals surface area (Å²) in [6, 6.07) is 4.57. The molecule has 0 amide bonds. The molecule has 1 heterocycles. The van der Waals surface area contributed by atoms with E-state index in [1.807, 2.05) is 0 Å². The van der Waals surface area contributed by atoms with Gasteiger partial charge in [0.1, 0.15) is 0 Å². The van der Waals surface area contributed by atoms with Gasteiger partial charge in [-0.25, -0.2) is 8.42 Å². The Morgan fingerprint density at radius 1 is 1.33 bits per heavy atom. The van der Waals surface area contributed by atoms with E-state index >= 15 is 0 Å². The van der Waals surface area contributed by atoms with Crippen molar-refractivity contribution in [3.63, 3.8) is 0 Å². The van der Waals surface area contributed by atoms with Crippen molar-refractivity contribution in [1.29, 1.82) is 0 Å². The van der Waals surface area contributed by atoms with E-state index < -0.39 is 9.84 Å². The Morgan fingerprint density at radius 3 is 2.60 bits per heavy atom. The van der Waals surface area contributed by atoms with Crippen molar-refractivity contribution in [2.75, 3.05) is 0 Å². The van der Waals surface area contributed by atoms with Gasteiger partial charge in [-0.2, -0.15) is 0 Å². The predicted octanol–water partition coefficient (Wildman–Crippen LogP) is 2.06. The van der Waals surface area contributed by atoms with Gasteiger partial charge in [-0.3, -0.25) is 4.79 Å². The summed E-state index contributed by atoms with van der Waals surface area (Å²) in [4.78, 5) is 11.4. The van der Waals surface area contributed by atoms with Gasteiger partial charge in [-0.15, -0.1) is 0 Å². The lowest BCUT2D eigenvalue weighted by atomic mass is 10.0. The zero-order valence-corrected chi connectivity index (χ0v) is 9.39. The van der Waals surface area contributed by atoms with Crippen LogP contribution in [0.2, 0.25) is 5.02 Å². The van der Waals surface area contributed by atoms with Crippen LogP contribution in [-0.2, 0) is 14.6 Å². The molecule has 0 atom stereocenters. The molecule has 15 heavy (non-hydrogen) atoms. The molecule has 5 heteroatoms. The number of carbonyl (C=O) groups excluding carboxylic acids is 1. The van der Waals surface area contributed by atoms with E-state index in [0.29, 0.717) is 5.56 Å². The molecule has 0 radical (unpaired) electrons. The summed E-state index contributed by atoms with van der Waals surface area (Å²) in [7, 11) is -3.49. The van der Waals surface area contributed by atoms with E-state index in [1.54, 1.807) is 12.1 Å². The second kappa shape index (κ2) is 3.18. The lowest BCUT2D eigenvalue weighted by Crippen LogP contribution is -1.95. The maximum absolute atomic E-state index is 11.6. The molecular weight excluding hydrogens is 236 g/mol. The third-order valence-corrected chi connectivity index (χ3v) is 4.02. The van der Waals surface area contributed by atoms with Crippen LogP contribution in [0.4, 0.5) is 0 Å². The molecule has 0 N–H and O–H groups in total. The highest BCUT2D eigenvalue weighted by Gasteiger charge is 2.30. The molecule has 1 aromatic carbocycles. The Kier molecular flexibility index (Phi) is 2.20. The van der Waals surface area contributed by atoms with Crippen molar-refractivity contribution in [2.45, 2.75) is 11.8 Å². The fourth-order valence-electron chi connectivity index (χ4n) is 1.54. The first kappa shape index (κ1) is 10.4. The maximum Gasteiger partial charge on any atom is 0.201 e. The van der Waals surface area contributed by atoms with Crippen LogP contribution in [0.25, 0.3) is 5.57 Å². The smallest absolute Gasteiger partial charge is 0.201 e. The van der Waals surface area contributed by atoms with Gasteiger partial charge in [0.2, 0.25) is 9.84 Å². The molecule has 0 aromatic heterocycles. The average Bonchev–Trinajstić information content (AvgIpc) is 2.40. The Hall–Kier alpha value is -1.13. The molecule has 1 aliphatic rings. The first-order valence-electron chi connectivity index (χ1n) is 4.20. The number of carbonyl (C=O) groups is 1. The molecule has 0 bridgehead atoms. The van der Waals surface area contributed by atoms with Gasteiger partial charge in [-0.1, -0.05) is 17.7 Å². The molecule has 0 saturated heterocycles. The standard InChI is InChI=1S/C10H7ClO3S/c1-6(12)7-5-15(13,14)9-4-2-3-8(11)10(7)9/h2-5H,1H3. The number of benzene rings is 1. The second-order valence-electron chi connectivity index (χ2n) is 3.25. The first-order valence-corrected chi connectivity index (χ1v) is 6.12. The van der Waals surface area contributed by atoms with Crippen LogP contribution >= 0.6 is 11.6 Å². The third-order valence-electron chi connectivity index (χ3n) is 2.20. The van der Waals surface area contributed by atoms with Gasteiger partial charge in [0.05, 0.1) is 4.90 Å². The molecule has 2 rings (SSSR count). The van der Waals surface area contributed by atoms with Gasteiger partial charge in [0.25, 0.3) is 0 Å². The van der Waals surface area contributed by atoms with Crippen molar-refractivity contribution in [3.8, 4) is 0 Å². The highest BCUT2D eigenvalue weighted by molar-refractivity contribution is 7.95. The Balaban J connectivity index is 2.86. The summed E-state index contributed by atoms with van der Waals surface area (Å²) in [5.41, 5.74) is 0.488. The zero-order chi connectivity index (χ0) is 11.2.